The first-order valence-corrected chi connectivity index (χ1v) is 34.4. The van der Waals surface area contributed by atoms with Crippen molar-refractivity contribution in [2.75, 3.05) is 112 Å². The molecule has 0 spiro atoms. The van der Waals surface area contributed by atoms with E-state index < -0.39 is 59.1 Å². The molecule has 0 saturated carbocycles. The van der Waals surface area contributed by atoms with Crippen molar-refractivity contribution in [3.63, 3.8) is 0 Å². The number of carbonyl (C=O) groups is 5. The van der Waals surface area contributed by atoms with Crippen molar-refractivity contribution in [1.29, 1.82) is 0 Å². The number of nitro benzene ring substituents is 6. The van der Waals surface area contributed by atoms with Crippen LogP contribution in [0.2, 0.25) is 0 Å². The second kappa shape index (κ2) is 40.9. The van der Waals surface area contributed by atoms with Crippen LogP contribution in [0.15, 0.2) is 115 Å². The van der Waals surface area contributed by atoms with Gasteiger partial charge in [-0.2, -0.15) is 0 Å². The maximum absolute atomic E-state index is 12.3. The highest BCUT2D eigenvalue weighted by Gasteiger charge is 2.27. The largest absolute Gasteiger partial charge is 0.492 e. The van der Waals surface area contributed by atoms with Crippen LogP contribution in [0, 0.1) is 88.4 Å². The van der Waals surface area contributed by atoms with E-state index >= 15 is 0 Å². The van der Waals surface area contributed by atoms with E-state index in [9.17, 15) is 84.7 Å². The van der Waals surface area contributed by atoms with E-state index in [4.69, 9.17) is 33.2 Å². The molecule has 0 bridgehead atoms. The average Bonchev–Trinajstić information content (AvgIpc) is 1.38. The van der Waals surface area contributed by atoms with Crippen molar-refractivity contribution in [2.45, 2.75) is 85.5 Å². The number of esters is 1. The Labute approximate surface area is 614 Å². The number of hydrogen-bond acceptors (Lipinski definition) is 26. The Morgan fingerprint density at radius 1 is 0.364 bits per heavy atom. The van der Waals surface area contributed by atoms with E-state index in [1.54, 1.807) is 59.4 Å². The number of piperazine rings is 1. The van der Waals surface area contributed by atoms with Crippen molar-refractivity contribution >= 4 is 64.5 Å². The molecule has 5 saturated heterocycles. The Bertz CT molecular complexity index is 3920. The highest BCUT2D eigenvalue weighted by molar-refractivity contribution is 5.91. The van der Waals surface area contributed by atoms with Crippen LogP contribution >= 0.6 is 0 Å². The van der Waals surface area contributed by atoms with Gasteiger partial charge in [0.05, 0.1) is 54.4 Å². The molecule has 4 amide bonds. The molecule has 0 unspecified atom stereocenters. The SMILES string of the molecule is Cc1cc([N+](=O)[O-])ccc1OC(=O)N1CCCCC1.Cc1cc([N+](=O)[O-])ccc1OC(=O)N1CCCCC1.Cc1cc([N+](=O)[O-])ccc1OC(=O)N1CCN(C)CC1.Cc1cc([N+](=O)[O-])ccc1OC(=O)N1CCOCC1.O=C(Oc1ccc([N+](=O)[O-])cc1[N+](=O)[O-])c1ccc(OCCN2CCCCC2)cc1. The van der Waals surface area contributed by atoms with E-state index in [2.05, 4.69) is 9.80 Å². The van der Waals surface area contributed by atoms with Crippen LogP contribution in [0.1, 0.15) is 90.4 Å². The molecule has 5 aliphatic rings. The van der Waals surface area contributed by atoms with E-state index in [0.717, 1.165) is 89.4 Å². The van der Waals surface area contributed by atoms with E-state index in [1.165, 1.54) is 104 Å². The van der Waals surface area contributed by atoms with Gasteiger partial charge in [0, 0.05) is 127 Å². The molecule has 36 nitrogen and oxygen atoms in total. The van der Waals surface area contributed by atoms with E-state index in [1.807, 2.05) is 7.05 Å². The second-order valence-electron chi connectivity index (χ2n) is 25.1. The van der Waals surface area contributed by atoms with Crippen molar-refractivity contribution in [2.24, 2.45) is 0 Å². The van der Waals surface area contributed by atoms with Gasteiger partial charge >= 0.3 is 36.0 Å². The fourth-order valence-corrected chi connectivity index (χ4v) is 11.1. The van der Waals surface area contributed by atoms with Gasteiger partial charge in [-0.25, -0.2) is 24.0 Å². The maximum atomic E-state index is 12.3. The molecule has 0 atom stereocenters. The van der Waals surface area contributed by atoms with Crippen LogP contribution in [0.25, 0.3) is 0 Å². The minimum Gasteiger partial charge on any atom is -0.492 e. The summed E-state index contributed by atoms with van der Waals surface area (Å²) >= 11 is 0. The third-order valence-electron chi connectivity index (χ3n) is 17.3. The average molecular weight is 1490 g/mol. The predicted molar refractivity (Wildman–Crippen MR) is 385 cm³/mol. The van der Waals surface area contributed by atoms with Crippen molar-refractivity contribution < 1.29 is 86.7 Å². The Hall–Kier alpha value is -12.1. The van der Waals surface area contributed by atoms with Crippen LogP contribution < -0.4 is 28.4 Å². The van der Waals surface area contributed by atoms with Crippen LogP contribution in [0.5, 0.6) is 34.5 Å². The van der Waals surface area contributed by atoms with Gasteiger partial charge in [0.15, 0.2) is 0 Å². The summed E-state index contributed by atoms with van der Waals surface area (Å²) in [5, 5.41) is 64.4. The summed E-state index contributed by atoms with van der Waals surface area (Å²) in [6.45, 7) is 18.0. The summed E-state index contributed by atoms with van der Waals surface area (Å²) in [7, 11) is 2.00. The highest BCUT2D eigenvalue weighted by atomic mass is 16.7. The van der Waals surface area contributed by atoms with Crippen LogP contribution in [0.4, 0.5) is 53.3 Å². The Kier molecular flexibility index (Phi) is 31.4. The number of hydrogen-bond donors (Lipinski definition) is 0. The number of amides is 4. The van der Waals surface area contributed by atoms with Gasteiger partial charge in [-0.05, 0) is 176 Å². The summed E-state index contributed by atoms with van der Waals surface area (Å²) in [6, 6.07) is 25.8. The van der Waals surface area contributed by atoms with Crippen molar-refractivity contribution in [3.05, 3.63) is 204 Å². The lowest BCUT2D eigenvalue weighted by Crippen LogP contribution is -2.48. The van der Waals surface area contributed by atoms with Crippen molar-refractivity contribution in [1.82, 2.24) is 29.4 Å². The van der Waals surface area contributed by atoms with Gasteiger partial charge in [0.2, 0.25) is 5.75 Å². The summed E-state index contributed by atoms with van der Waals surface area (Å²) in [4.78, 5) is 132. The summed E-state index contributed by atoms with van der Waals surface area (Å²) in [5.74, 6) is 0.873. The molecule has 5 aliphatic heterocycles. The molecule has 0 aliphatic carbocycles. The first-order valence-electron chi connectivity index (χ1n) is 34.4. The number of likely N-dealkylation sites (N-methyl/N-ethyl adjacent to an activating group) is 1. The normalized spacial score (nSPS) is 15.0. The molecule has 0 N–H and O–H groups in total. The number of carbonyl (C=O) groups excluding carboxylic acids is 5. The van der Waals surface area contributed by atoms with Crippen LogP contribution in [0.3, 0.4) is 0 Å². The lowest BCUT2D eigenvalue weighted by molar-refractivity contribution is -0.394. The number of rotatable bonds is 16. The summed E-state index contributed by atoms with van der Waals surface area (Å²) in [6.07, 6.45) is 8.33. The lowest BCUT2D eigenvalue weighted by atomic mass is 10.1. The minimum absolute atomic E-state index is 0.00438. The first kappa shape index (κ1) is 82.2. The zero-order chi connectivity index (χ0) is 77.7. The summed E-state index contributed by atoms with van der Waals surface area (Å²) in [5.41, 5.74) is 1.29. The minimum atomic E-state index is -0.838. The molecule has 0 radical (unpaired) electrons. The Morgan fingerprint density at radius 2 is 0.682 bits per heavy atom. The quantitative estimate of drug-likeness (QED) is 0.0376. The van der Waals surface area contributed by atoms with Gasteiger partial charge in [-0.15, -0.1) is 0 Å². The van der Waals surface area contributed by atoms with E-state index in [-0.39, 0.29) is 46.2 Å². The molecule has 6 aromatic carbocycles. The number of likely N-dealkylation sites (tertiary alicyclic amines) is 3. The second-order valence-corrected chi connectivity index (χ2v) is 25.1. The number of nitro groups is 6. The molecular weight excluding hydrogens is 1400 g/mol. The molecule has 5 fully saturated rings. The Balaban J connectivity index is 0.000000189. The van der Waals surface area contributed by atoms with Gasteiger partial charge < -0.3 is 57.7 Å². The number of ether oxygens (including phenoxy) is 7. The fourth-order valence-electron chi connectivity index (χ4n) is 11.1. The zero-order valence-electron chi connectivity index (χ0n) is 59.8. The number of benzene rings is 6. The van der Waals surface area contributed by atoms with Crippen molar-refractivity contribution in [3.8, 4) is 34.5 Å². The zero-order valence-corrected chi connectivity index (χ0v) is 59.8. The van der Waals surface area contributed by atoms with Gasteiger partial charge in [-0.3, -0.25) is 65.6 Å². The molecule has 0 aromatic heterocycles. The molecule has 107 heavy (non-hydrogen) atoms. The fraction of sp³-hybridized carbons (Fsp3) is 0.423. The molecule has 11 rings (SSSR count). The molecule has 6 aromatic rings. The van der Waals surface area contributed by atoms with Crippen LogP contribution in [-0.4, -0.2) is 201 Å². The molecule has 5 heterocycles. The summed E-state index contributed by atoms with van der Waals surface area (Å²) < 4.78 is 37.0. The Morgan fingerprint density at radius 3 is 1.02 bits per heavy atom. The smallest absolute Gasteiger partial charge is 0.415 e. The molecular formula is C71H84N12O24. The predicted octanol–water partition coefficient (Wildman–Crippen LogP) is 12.7. The standard InChI is InChI=1S/C20H21N3O7.C13H17N3O4.2C13H16N2O4.C12H14N2O5/c24-20(30-19-9-6-16(22(25)26)14-18(19)23(27)28)15-4-7-17(8-5-15)29-13-12-21-10-2-1-3-11-21;1-10-9-11(16(18)19)3-4-12(10)20-13(17)15-7-5-14(2)6-8-15;2*1-10-9-11(15(17)18)5-6-12(10)19-13(16)14-7-3-2-4-8-14;1-9-8-10(14(16)17)2-3-11(9)19-12(15)13-4-6-18-7-5-13/h4-9,14H,1-3,10-13H2;3-4,9H,5-8H2,1-2H3;2*5-6,9H,2-4,7-8H2,1H3;2-3,8H,4-7H2,1H3. The monoisotopic (exact) mass is 1490 g/mol. The van der Waals surface area contributed by atoms with Gasteiger partial charge in [-0.1, -0.05) is 6.42 Å². The topological polar surface area (TPSA) is 428 Å². The van der Waals surface area contributed by atoms with Gasteiger partial charge in [0.1, 0.15) is 35.4 Å². The maximum Gasteiger partial charge on any atom is 0.415 e. The number of aryl methyl sites for hydroxylation is 4. The van der Waals surface area contributed by atoms with Gasteiger partial charge in [0.25, 0.3) is 28.4 Å². The number of morpholine rings is 1. The molecule has 572 valence electrons. The number of non-ortho nitro benzene ring substituents is 5. The highest BCUT2D eigenvalue weighted by Crippen LogP contribution is 2.33. The molecule has 36 heteroatoms. The first-order chi connectivity index (χ1) is 51.1. The van der Waals surface area contributed by atoms with E-state index in [0.29, 0.717) is 123 Å². The third kappa shape index (κ3) is 26.0. The third-order valence-corrected chi connectivity index (χ3v) is 17.3. The number of nitrogens with zero attached hydrogens (tertiary/aromatic N) is 12. The lowest BCUT2D eigenvalue weighted by Gasteiger charge is -2.31. The number of piperidine rings is 3. The van der Waals surface area contributed by atoms with Crippen LogP contribution in [-0.2, 0) is 4.74 Å².